The minimum absolute atomic E-state index is 0.0198. The van der Waals surface area contributed by atoms with Crippen LogP contribution in [-0.4, -0.2) is 19.0 Å². The summed E-state index contributed by atoms with van der Waals surface area (Å²) in [5.74, 6) is 3.05. The third-order valence-corrected chi connectivity index (χ3v) is 4.82. The van der Waals surface area contributed by atoms with E-state index in [1.165, 1.54) is 25.7 Å². The first-order valence-electron chi connectivity index (χ1n) is 7.09. The summed E-state index contributed by atoms with van der Waals surface area (Å²) in [6.07, 6.45) is 5.55. The number of fused-ring (bicyclic) bond motifs is 2. The predicted octanol–water partition coefficient (Wildman–Crippen LogP) is 1.77. The van der Waals surface area contributed by atoms with Crippen molar-refractivity contribution >= 4 is 5.91 Å². The van der Waals surface area contributed by atoms with E-state index >= 15 is 0 Å². The molecule has 2 saturated carbocycles. The van der Waals surface area contributed by atoms with Crippen molar-refractivity contribution in [1.82, 2.24) is 5.32 Å². The predicted molar refractivity (Wildman–Crippen MR) is 69.3 cm³/mol. The fourth-order valence-corrected chi connectivity index (χ4v) is 3.67. The van der Waals surface area contributed by atoms with Crippen LogP contribution in [0.1, 0.15) is 39.5 Å². The number of nitrogens with one attached hydrogen (secondary N) is 1. The topological polar surface area (TPSA) is 55.1 Å². The van der Waals surface area contributed by atoms with Gasteiger partial charge in [-0.3, -0.25) is 4.79 Å². The molecule has 2 bridgehead atoms. The maximum Gasteiger partial charge on any atom is 0.224 e. The van der Waals surface area contributed by atoms with Crippen molar-refractivity contribution in [3.63, 3.8) is 0 Å². The van der Waals surface area contributed by atoms with E-state index in [0.29, 0.717) is 12.5 Å². The molecule has 0 aliphatic heterocycles. The van der Waals surface area contributed by atoms with Gasteiger partial charge < -0.3 is 11.1 Å². The van der Waals surface area contributed by atoms with Gasteiger partial charge in [-0.05, 0) is 42.9 Å². The third kappa shape index (κ3) is 2.82. The summed E-state index contributed by atoms with van der Waals surface area (Å²) in [5, 5.41) is 3.12. The van der Waals surface area contributed by atoms with E-state index in [-0.39, 0.29) is 11.8 Å². The lowest BCUT2D eigenvalue weighted by atomic mass is 9.88. The van der Waals surface area contributed by atoms with Crippen LogP contribution >= 0.6 is 0 Å². The van der Waals surface area contributed by atoms with Crippen molar-refractivity contribution in [2.24, 2.45) is 35.3 Å². The Balaban J connectivity index is 1.76. The van der Waals surface area contributed by atoms with Crippen molar-refractivity contribution in [3.05, 3.63) is 0 Å². The summed E-state index contributed by atoms with van der Waals surface area (Å²) in [6.45, 7) is 5.46. The zero-order valence-electron chi connectivity index (χ0n) is 11.1. The largest absolute Gasteiger partial charge is 0.356 e. The lowest BCUT2D eigenvalue weighted by Crippen LogP contribution is -2.40. The SMILES string of the molecule is CC(C)C(CN)C(=O)NCC1CC2CCC1C2. The Hall–Kier alpha value is -0.570. The van der Waals surface area contributed by atoms with Gasteiger partial charge in [-0.1, -0.05) is 20.3 Å². The zero-order valence-corrected chi connectivity index (χ0v) is 11.1. The average Bonchev–Trinajstić information content (AvgIpc) is 2.88. The van der Waals surface area contributed by atoms with Gasteiger partial charge in [-0.15, -0.1) is 0 Å². The highest BCUT2D eigenvalue weighted by Crippen LogP contribution is 2.47. The van der Waals surface area contributed by atoms with Crippen LogP contribution in [0, 0.1) is 29.6 Å². The molecule has 4 unspecified atom stereocenters. The zero-order chi connectivity index (χ0) is 12.4. The van der Waals surface area contributed by atoms with Crippen molar-refractivity contribution < 1.29 is 4.79 Å². The summed E-state index contributed by atoms with van der Waals surface area (Å²) < 4.78 is 0. The summed E-state index contributed by atoms with van der Waals surface area (Å²) in [7, 11) is 0. The van der Waals surface area contributed by atoms with E-state index in [4.69, 9.17) is 5.73 Å². The Bertz CT molecular complexity index is 277. The Labute approximate surface area is 105 Å². The molecule has 3 nitrogen and oxygen atoms in total. The van der Waals surface area contributed by atoms with Gasteiger partial charge in [0.15, 0.2) is 0 Å². The normalized spacial score (nSPS) is 33.1. The summed E-state index contributed by atoms with van der Waals surface area (Å²) >= 11 is 0. The molecule has 17 heavy (non-hydrogen) atoms. The van der Waals surface area contributed by atoms with E-state index in [9.17, 15) is 4.79 Å². The highest BCUT2D eigenvalue weighted by atomic mass is 16.1. The molecule has 0 aromatic rings. The molecule has 4 atom stereocenters. The van der Waals surface area contributed by atoms with Crippen LogP contribution in [0.5, 0.6) is 0 Å². The van der Waals surface area contributed by atoms with Crippen LogP contribution < -0.4 is 11.1 Å². The van der Waals surface area contributed by atoms with Gasteiger partial charge in [0, 0.05) is 13.1 Å². The van der Waals surface area contributed by atoms with E-state index in [2.05, 4.69) is 19.2 Å². The average molecular weight is 238 g/mol. The molecule has 0 aromatic heterocycles. The van der Waals surface area contributed by atoms with E-state index in [1.54, 1.807) is 0 Å². The van der Waals surface area contributed by atoms with Crippen molar-refractivity contribution in [2.75, 3.05) is 13.1 Å². The molecule has 0 aromatic carbocycles. The van der Waals surface area contributed by atoms with E-state index in [1.807, 2.05) is 0 Å². The number of carbonyl (C=O) groups is 1. The molecule has 0 spiro atoms. The Kier molecular flexibility index (Phi) is 4.08. The quantitative estimate of drug-likeness (QED) is 0.767. The lowest BCUT2D eigenvalue weighted by molar-refractivity contribution is -0.126. The van der Waals surface area contributed by atoms with Crippen molar-refractivity contribution in [2.45, 2.75) is 39.5 Å². The van der Waals surface area contributed by atoms with Gasteiger partial charge >= 0.3 is 0 Å². The van der Waals surface area contributed by atoms with E-state index in [0.717, 1.165) is 24.3 Å². The molecule has 3 heteroatoms. The van der Waals surface area contributed by atoms with Crippen LogP contribution in [0.25, 0.3) is 0 Å². The molecule has 98 valence electrons. The summed E-state index contributed by atoms with van der Waals surface area (Å²) in [6, 6.07) is 0. The maximum atomic E-state index is 12.0. The van der Waals surface area contributed by atoms with Gasteiger partial charge in [0.05, 0.1) is 5.92 Å². The summed E-state index contributed by atoms with van der Waals surface area (Å²) in [5.41, 5.74) is 5.66. The summed E-state index contributed by atoms with van der Waals surface area (Å²) in [4.78, 5) is 12.0. The van der Waals surface area contributed by atoms with Gasteiger partial charge in [0.2, 0.25) is 5.91 Å². The van der Waals surface area contributed by atoms with Crippen molar-refractivity contribution in [1.29, 1.82) is 0 Å². The third-order valence-electron chi connectivity index (χ3n) is 4.82. The number of rotatable bonds is 5. The first-order chi connectivity index (χ1) is 8.11. The van der Waals surface area contributed by atoms with Gasteiger partial charge in [0.1, 0.15) is 0 Å². The minimum Gasteiger partial charge on any atom is -0.356 e. The molecule has 0 heterocycles. The number of carbonyl (C=O) groups excluding carboxylic acids is 1. The minimum atomic E-state index is -0.0198. The molecular weight excluding hydrogens is 212 g/mol. The van der Waals surface area contributed by atoms with Gasteiger partial charge in [-0.25, -0.2) is 0 Å². The highest BCUT2D eigenvalue weighted by Gasteiger charge is 2.39. The second-order valence-corrected chi connectivity index (χ2v) is 6.27. The molecule has 0 radical (unpaired) electrons. The van der Waals surface area contributed by atoms with Crippen LogP contribution in [-0.2, 0) is 4.79 Å². The fraction of sp³-hybridized carbons (Fsp3) is 0.929. The van der Waals surface area contributed by atoms with Crippen LogP contribution in [0.15, 0.2) is 0 Å². The highest BCUT2D eigenvalue weighted by molar-refractivity contribution is 5.79. The first-order valence-corrected chi connectivity index (χ1v) is 7.09. The molecule has 2 rings (SSSR count). The lowest BCUT2D eigenvalue weighted by Gasteiger charge is -2.24. The van der Waals surface area contributed by atoms with Gasteiger partial charge in [0.25, 0.3) is 0 Å². The molecule has 3 N–H and O–H groups in total. The number of amides is 1. The smallest absolute Gasteiger partial charge is 0.224 e. The Morgan fingerprint density at radius 1 is 1.35 bits per heavy atom. The second kappa shape index (κ2) is 5.38. The van der Waals surface area contributed by atoms with Crippen molar-refractivity contribution in [3.8, 4) is 0 Å². The first kappa shape index (κ1) is 12.9. The Morgan fingerprint density at radius 2 is 2.12 bits per heavy atom. The number of hydrogen-bond acceptors (Lipinski definition) is 2. The van der Waals surface area contributed by atoms with Crippen LogP contribution in [0.2, 0.25) is 0 Å². The number of nitrogens with two attached hydrogens (primary N) is 1. The van der Waals surface area contributed by atoms with Crippen LogP contribution in [0.4, 0.5) is 0 Å². The molecule has 2 fully saturated rings. The van der Waals surface area contributed by atoms with E-state index < -0.39 is 0 Å². The monoisotopic (exact) mass is 238 g/mol. The Morgan fingerprint density at radius 3 is 2.59 bits per heavy atom. The maximum absolute atomic E-state index is 12.0. The molecule has 2 aliphatic carbocycles. The second-order valence-electron chi connectivity index (χ2n) is 6.27. The molecule has 1 amide bonds. The van der Waals surface area contributed by atoms with Crippen LogP contribution in [0.3, 0.4) is 0 Å². The van der Waals surface area contributed by atoms with Gasteiger partial charge in [-0.2, -0.15) is 0 Å². The number of hydrogen-bond donors (Lipinski definition) is 2. The molecule has 0 saturated heterocycles. The fourth-order valence-electron chi connectivity index (χ4n) is 3.67. The molecule has 2 aliphatic rings. The molecular formula is C14H26N2O. The standard InChI is InChI=1S/C14H26N2O/c1-9(2)13(7-15)14(17)16-8-12-6-10-3-4-11(12)5-10/h9-13H,3-8,15H2,1-2H3,(H,16,17).